The topological polar surface area (TPSA) is 60.0 Å². The molecule has 1 atom stereocenters. The largest absolute Gasteiger partial charge is 0.497 e. The number of hydrogen-bond donors (Lipinski definition) is 1. The molecule has 156 valence electrons. The highest BCUT2D eigenvalue weighted by molar-refractivity contribution is 5.76. The van der Waals surface area contributed by atoms with E-state index in [1.165, 1.54) is 5.56 Å². The van der Waals surface area contributed by atoms with Crippen LogP contribution in [-0.4, -0.2) is 57.4 Å². The molecule has 1 unspecified atom stereocenters. The lowest BCUT2D eigenvalue weighted by Gasteiger charge is -2.35. The summed E-state index contributed by atoms with van der Waals surface area (Å²) in [6, 6.07) is 16.0. The summed E-state index contributed by atoms with van der Waals surface area (Å²) in [5.41, 5.74) is 2.34. The van der Waals surface area contributed by atoms with Crippen LogP contribution in [0.2, 0.25) is 0 Å². The van der Waals surface area contributed by atoms with Crippen molar-refractivity contribution in [2.24, 2.45) is 0 Å². The van der Waals surface area contributed by atoms with Crippen molar-refractivity contribution >= 4 is 5.91 Å². The first-order chi connectivity index (χ1) is 14.2. The Hall–Kier alpha value is -2.57. The maximum Gasteiger partial charge on any atom is 0.223 e. The Bertz CT molecular complexity index is 755. The highest BCUT2D eigenvalue weighted by Crippen LogP contribution is 2.23. The van der Waals surface area contributed by atoms with E-state index >= 15 is 0 Å². The Balaban J connectivity index is 1.52. The molecule has 1 amide bonds. The summed E-state index contributed by atoms with van der Waals surface area (Å²) >= 11 is 0. The number of morpholine rings is 1. The van der Waals surface area contributed by atoms with Gasteiger partial charge < -0.3 is 19.5 Å². The minimum atomic E-state index is -0.0103. The normalized spacial score (nSPS) is 15.5. The summed E-state index contributed by atoms with van der Waals surface area (Å²) in [4.78, 5) is 14.7. The molecule has 0 radical (unpaired) electrons. The van der Waals surface area contributed by atoms with Gasteiger partial charge in [-0.1, -0.05) is 29.8 Å². The number of benzene rings is 2. The molecule has 0 spiro atoms. The van der Waals surface area contributed by atoms with E-state index in [4.69, 9.17) is 14.2 Å². The molecule has 0 bridgehead atoms. The van der Waals surface area contributed by atoms with E-state index in [-0.39, 0.29) is 11.9 Å². The maximum absolute atomic E-state index is 12.4. The SMILES string of the molecule is COc1ccc(C(CNC(=O)CCOc2ccc(C)cc2)N2CCOCC2)cc1. The van der Waals surface area contributed by atoms with E-state index in [2.05, 4.69) is 22.3 Å². The molecule has 0 aliphatic carbocycles. The number of amides is 1. The van der Waals surface area contributed by atoms with Gasteiger partial charge in [0.15, 0.2) is 0 Å². The summed E-state index contributed by atoms with van der Waals surface area (Å²) in [7, 11) is 1.66. The third-order valence-electron chi connectivity index (χ3n) is 5.10. The van der Waals surface area contributed by atoms with Gasteiger partial charge in [0.25, 0.3) is 0 Å². The number of rotatable bonds is 9. The molecule has 6 heteroatoms. The summed E-state index contributed by atoms with van der Waals surface area (Å²) in [5.74, 6) is 1.60. The van der Waals surface area contributed by atoms with Crippen LogP contribution in [0.3, 0.4) is 0 Å². The molecule has 1 heterocycles. The fourth-order valence-electron chi connectivity index (χ4n) is 3.37. The number of carbonyl (C=O) groups is 1. The zero-order valence-corrected chi connectivity index (χ0v) is 17.2. The average molecular weight is 399 g/mol. The number of nitrogens with zero attached hydrogens (tertiary/aromatic N) is 1. The standard InChI is InChI=1S/C23H30N2O4/c1-18-3-7-21(8-4-18)29-14-11-23(26)24-17-22(25-12-15-28-16-13-25)19-5-9-20(27-2)10-6-19/h3-10,22H,11-17H2,1-2H3,(H,24,26). The van der Waals surface area contributed by atoms with Gasteiger partial charge >= 0.3 is 0 Å². The van der Waals surface area contributed by atoms with E-state index < -0.39 is 0 Å². The molecular formula is C23H30N2O4. The molecule has 1 aliphatic heterocycles. The quantitative estimate of drug-likeness (QED) is 0.704. The van der Waals surface area contributed by atoms with Crippen LogP contribution in [0.15, 0.2) is 48.5 Å². The van der Waals surface area contributed by atoms with Crippen molar-refractivity contribution in [1.82, 2.24) is 10.2 Å². The summed E-state index contributed by atoms with van der Waals surface area (Å²) in [5, 5.41) is 3.07. The Kier molecular flexibility index (Phi) is 7.90. The van der Waals surface area contributed by atoms with Crippen LogP contribution in [0.5, 0.6) is 11.5 Å². The smallest absolute Gasteiger partial charge is 0.223 e. The highest BCUT2D eigenvalue weighted by Gasteiger charge is 2.23. The summed E-state index contributed by atoms with van der Waals surface area (Å²) < 4.78 is 16.4. The number of carbonyl (C=O) groups excluding carboxylic acids is 1. The van der Waals surface area contributed by atoms with Crippen molar-refractivity contribution in [3.63, 3.8) is 0 Å². The van der Waals surface area contributed by atoms with Crippen LogP contribution in [0.25, 0.3) is 0 Å². The lowest BCUT2D eigenvalue weighted by atomic mass is 10.0. The van der Waals surface area contributed by atoms with Crippen molar-refractivity contribution in [2.75, 3.05) is 46.6 Å². The van der Waals surface area contributed by atoms with Gasteiger partial charge in [-0.2, -0.15) is 0 Å². The monoisotopic (exact) mass is 398 g/mol. The minimum absolute atomic E-state index is 0.0103. The van der Waals surface area contributed by atoms with E-state index in [9.17, 15) is 4.79 Å². The lowest BCUT2D eigenvalue weighted by molar-refractivity contribution is -0.121. The van der Waals surface area contributed by atoms with Gasteiger partial charge in [-0.3, -0.25) is 9.69 Å². The van der Waals surface area contributed by atoms with Gasteiger partial charge in [0.1, 0.15) is 11.5 Å². The van der Waals surface area contributed by atoms with E-state index in [1.54, 1.807) is 7.11 Å². The first kappa shape index (κ1) is 21.1. The second-order valence-electron chi connectivity index (χ2n) is 7.15. The highest BCUT2D eigenvalue weighted by atomic mass is 16.5. The van der Waals surface area contributed by atoms with Gasteiger partial charge in [-0.05, 0) is 36.8 Å². The van der Waals surface area contributed by atoms with Crippen molar-refractivity contribution in [3.05, 3.63) is 59.7 Å². The van der Waals surface area contributed by atoms with E-state index in [0.29, 0.717) is 32.8 Å². The molecule has 3 rings (SSSR count). The van der Waals surface area contributed by atoms with Crippen molar-refractivity contribution in [2.45, 2.75) is 19.4 Å². The van der Waals surface area contributed by atoms with Crippen LogP contribution in [-0.2, 0) is 9.53 Å². The van der Waals surface area contributed by atoms with E-state index in [1.807, 2.05) is 43.3 Å². The summed E-state index contributed by atoms with van der Waals surface area (Å²) in [6.07, 6.45) is 0.326. The second-order valence-corrected chi connectivity index (χ2v) is 7.15. The first-order valence-electron chi connectivity index (χ1n) is 10.1. The predicted molar refractivity (Wildman–Crippen MR) is 112 cm³/mol. The molecule has 2 aromatic rings. The molecule has 1 aliphatic rings. The number of hydrogen-bond acceptors (Lipinski definition) is 5. The lowest BCUT2D eigenvalue weighted by Crippen LogP contribution is -2.44. The Morgan fingerprint density at radius 1 is 1.07 bits per heavy atom. The molecule has 1 N–H and O–H groups in total. The first-order valence-corrected chi connectivity index (χ1v) is 10.1. The maximum atomic E-state index is 12.4. The number of methoxy groups -OCH3 is 1. The molecule has 0 aromatic heterocycles. The molecule has 0 saturated carbocycles. The molecule has 1 saturated heterocycles. The fourth-order valence-corrected chi connectivity index (χ4v) is 3.37. The van der Waals surface area contributed by atoms with Gasteiger partial charge in [-0.25, -0.2) is 0 Å². The Morgan fingerprint density at radius 3 is 2.38 bits per heavy atom. The van der Waals surface area contributed by atoms with Crippen molar-refractivity contribution < 1.29 is 19.0 Å². The second kappa shape index (κ2) is 10.8. The zero-order chi connectivity index (χ0) is 20.5. The molecule has 6 nitrogen and oxygen atoms in total. The van der Waals surface area contributed by atoms with Crippen molar-refractivity contribution in [1.29, 1.82) is 0 Å². The van der Waals surface area contributed by atoms with Crippen LogP contribution in [0, 0.1) is 6.92 Å². The molecule has 29 heavy (non-hydrogen) atoms. The fraction of sp³-hybridized carbons (Fsp3) is 0.435. The van der Waals surface area contributed by atoms with Crippen LogP contribution in [0.4, 0.5) is 0 Å². The van der Waals surface area contributed by atoms with Gasteiger partial charge in [-0.15, -0.1) is 0 Å². The average Bonchev–Trinajstić information content (AvgIpc) is 2.76. The minimum Gasteiger partial charge on any atom is -0.497 e. The molecule has 1 fully saturated rings. The molecular weight excluding hydrogens is 368 g/mol. The van der Waals surface area contributed by atoms with Gasteiger partial charge in [0.2, 0.25) is 5.91 Å². The number of nitrogens with one attached hydrogen (secondary N) is 1. The zero-order valence-electron chi connectivity index (χ0n) is 17.2. The van der Waals surface area contributed by atoms with Crippen molar-refractivity contribution in [3.8, 4) is 11.5 Å². The van der Waals surface area contributed by atoms with Crippen LogP contribution < -0.4 is 14.8 Å². The van der Waals surface area contributed by atoms with E-state index in [0.717, 1.165) is 30.2 Å². The predicted octanol–water partition coefficient (Wildman–Crippen LogP) is 2.96. The van der Waals surface area contributed by atoms with Gasteiger partial charge in [0, 0.05) is 19.6 Å². The Morgan fingerprint density at radius 2 is 1.72 bits per heavy atom. The number of ether oxygens (including phenoxy) is 3. The molecule has 2 aromatic carbocycles. The van der Waals surface area contributed by atoms with Crippen LogP contribution >= 0.6 is 0 Å². The third kappa shape index (κ3) is 6.48. The summed E-state index contributed by atoms with van der Waals surface area (Å²) in [6.45, 7) is 6.07. The number of aryl methyl sites for hydroxylation is 1. The van der Waals surface area contributed by atoms with Crippen LogP contribution in [0.1, 0.15) is 23.6 Å². The van der Waals surface area contributed by atoms with Gasteiger partial charge in [0.05, 0.1) is 39.4 Å². The third-order valence-corrected chi connectivity index (χ3v) is 5.10. The Labute approximate surface area is 172 Å².